The van der Waals surface area contributed by atoms with E-state index in [0.29, 0.717) is 25.7 Å². The summed E-state index contributed by atoms with van der Waals surface area (Å²) in [5.74, 6) is 0. The number of hydrogen-bond acceptors (Lipinski definition) is 4. The average molecular weight is 473 g/mol. The van der Waals surface area contributed by atoms with Crippen molar-refractivity contribution in [1.82, 2.24) is 0 Å². The monoisotopic (exact) mass is 472 g/mol. The van der Waals surface area contributed by atoms with Gasteiger partial charge in [-0.1, -0.05) is 110 Å². The van der Waals surface area contributed by atoms with Crippen LogP contribution in [0.2, 0.25) is 0 Å². The number of unbranched alkanes of at least 4 members (excludes halogenated alkanes) is 15. The van der Waals surface area contributed by atoms with Crippen LogP contribution in [0.4, 0.5) is 0 Å². The van der Waals surface area contributed by atoms with Gasteiger partial charge in [0.1, 0.15) is 0 Å². The van der Waals surface area contributed by atoms with E-state index in [1.165, 1.54) is 83.5 Å². The van der Waals surface area contributed by atoms with E-state index in [1.54, 1.807) is 6.92 Å². The maximum absolute atomic E-state index is 11.4. The Kier molecular flexibility index (Phi) is 26.6. The summed E-state index contributed by atoms with van der Waals surface area (Å²) < 4.78 is 34.1. The molecule has 6 heteroatoms. The Morgan fingerprint density at radius 3 is 1.30 bits per heavy atom. The van der Waals surface area contributed by atoms with Gasteiger partial charge in [0.25, 0.3) is 0 Å². The van der Waals surface area contributed by atoms with Gasteiger partial charge in [-0.15, -0.1) is 0 Å². The summed E-state index contributed by atoms with van der Waals surface area (Å²) in [6, 6.07) is 0. The Morgan fingerprint density at radius 1 is 0.633 bits per heavy atom. The molecule has 2 atom stereocenters. The fraction of sp³-hybridized carbons (Fsp3) is 1.00. The molecule has 0 aromatic heterocycles. The van der Waals surface area contributed by atoms with E-state index < -0.39 is 21.5 Å². The maximum Gasteiger partial charge on any atom is 1.00 e. The first-order chi connectivity index (χ1) is 13.9. The zero-order valence-corrected chi connectivity index (χ0v) is 24.3. The normalized spacial score (nSPS) is 13.7. The van der Waals surface area contributed by atoms with Crippen LogP contribution in [0.25, 0.3) is 0 Å². The van der Waals surface area contributed by atoms with E-state index in [2.05, 4.69) is 6.92 Å². The molecular formula is C24H49KO4S. The minimum Gasteiger partial charge on any atom is -0.748 e. The SMILES string of the molecule is CCCCCCCCCCCCCCCCCCC(CCCC(C)O)S(=O)(=O)[O-].[K+]. The van der Waals surface area contributed by atoms with Crippen LogP contribution in [0.1, 0.15) is 142 Å². The second kappa shape index (κ2) is 23.7. The van der Waals surface area contributed by atoms with Crippen LogP contribution >= 0.6 is 0 Å². The summed E-state index contributed by atoms with van der Waals surface area (Å²) in [6.45, 7) is 3.95. The van der Waals surface area contributed by atoms with Crippen molar-refractivity contribution in [3.63, 3.8) is 0 Å². The van der Waals surface area contributed by atoms with Crippen LogP contribution in [-0.2, 0) is 10.1 Å². The first-order valence-corrected chi connectivity index (χ1v) is 14.0. The molecule has 0 amide bonds. The van der Waals surface area contributed by atoms with Gasteiger partial charge in [-0.2, -0.15) is 0 Å². The van der Waals surface area contributed by atoms with Crippen molar-refractivity contribution in [2.24, 2.45) is 0 Å². The molecule has 0 saturated heterocycles. The third kappa shape index (κ3) is 24.2. The number of rotatable bonds is 22. The molecule has 0 heterocycles. The van der Waals surface area contributed by atoms with Crippen molar-refractivity contribution < 1.29 is 69.5 Å². The van der Waals surface area contributed by atoms with Crippen molar-refractivity contribution in [3.8, 4) is 0 Å². The summed E-state index contributed by atoms with van der Waals surface area (Å²) in [6.07, 6.45) is 22.2. The molecule has 0 saturated carbocycles. The van der Waals surface area contributed by atoms with E-state index in [0.717, 1.165) is 19.3 Å². The molecule has 0 aliphatic carbocycles. The smallest absolute Gasteiger partial charge is 0.748 e. The van der Waals surface area contributed by atoms with Gasteiger partial charge in [-0.25, -0.2) is 8.42 Å². The maximum atomic E-state index is 11.4. The van der Waals surface area contributed by atoms with Crippen LogP contribution in [0.5, 0.6) is 0 Å². The van der Waals surface area contributed by atoms with Crippen molar-refractivity contribution in [2.75, 3.05) is 0 Å². The van der Waals surface area contributed by atoms with E-state index >= 15 is 0 Å². The molecule has 0 aromatic rings. The summed E-state index contributed by atoms with van der Waals surface area (Å²) in [4.78, 5) is 0. The predicted molar refractivity (Wildman–Crippen MR) is 123 cm³/mol. The molecule has 0 bridgehead atoms. The molecule has 4 nitrogen and oxygen atoms in total. The minimum absolute atomic E-state index is 0. The molecule has 0 aliphatic heterocycles. The van der Waals surface area contributed by atoms with E-state index in [9.17, 15) is 18.1 Å². The topological polar surface area (TPSA) is 77.4 Å². The van der Waals surface area contributed by atoms with Crippen LogP contribution in [0.3, 0.4) is 0 Å². The molecule has 0 rings (SSSR count). The summed E-state index contributed by atoms with van der Waals surface area (Å²) in [5, 5.41) is 8.49. The third-order valence-corrected chi connectivity index (χ3v) is 7.22. The standard InChI is InChI=1S/C24H50O4S.K/c1-3-4-5-6-7-8-9-10-11-12-13-14-15-16-17-18-21-24(29(26,27)28)22-19-20-23(2)25;/h23-25H,3-22H2,1-2H3,(H,26,27,28);/q;+1/p-1. The molecule has 0 aliphatic rings. The van der Waals surface area contributed by atoms with Gasteiger partial charge in [0, 0.05) is 5.25 Å². The molecule has 1 N–H and O–H groups in total. The number of aliphatic hydroxyl groups is 1. The zero-order valence-electron chi connectivity index (χ0n) is 20.4. The van der Waals surface area contributed by atoms with E-state index in [-0.39, 0.29) is 51.4 Å². The van der Waals surface area contributed by atoms with Gasteiger partial charge in [0.05, 0.1) is 16.2 Å². The largest absolute Gasteiger partial charge is 1.00 e. The van der Waals surface area contributed by atoms with Gasteiger partial charge in [-0.05, 0) is 32.6 Å². The molecule has 0 aromatic carbocycles. The molecule has 2 unspecified atom stereocenters. The van der Waals surface area contributed by atoms with Crippen LogP contribution in [0.15, 0.2) is 0 Å². The summed E-state index contributed by atoms with van der Waals surface area (Å²) in [5.41, 5.74) is 0. The van der Waals surface area contributed by atoms with E-state index in [4.69, 9.17) is 0 Å². The Labute approximate surface area is 230 Å². The van der Waals surface area contributed by atoms with Crippen LogP contribution < -0.4 is 51.4 Å². The van der Waals surface area contributed by atoms with Gasteiger partial charge in [0.15, 0.2) is 0 Å². The summed E-state index contributed by atoms with van der Waals surface area (Å²) in [7, 11) is -4.22. The fourth-order valence-electron chi connectivity index (χ4n) is 3.99. The van der Waals surface area contributed by atoms with Gasteiger partial charge in [0.2, 0.25) is 0 Å². The first-order valence-electron chi connectivity index (χ1n) is 12.5. The van der Waals surface area contributed by atoms with E-state index in [1.807, 2.05) is 0 Å². The Hall–Kier alpha value is 1.51. The molecule has 0 radical (unpaired) electrons. The number of aliphatic hydroxyl groups excluding tert-OH is 1. The molecule has 176 valence electrons. The Balaban J connectivity index is 0. The molecular weight excluding hydrogens is 423 g/mol. The fourth-order valence-corrected chi connectivity index (χ4v) is 4.90. The van der Waals surface area contributed by atoms with Crippen molar-refractivity contribution in [3.05, 3.63) is 0 Å². The van der Waals surface area contributed by atoms with Crippen molar-refractivity contribution >= 4 is 10.1 Å². The predicted octanol–water partition coefficient (Wildman–Crippen LogP) is 4.11. The van der Waals surface area contributed by atoms with Gasteiger partial charge in [-0.3, -0.25) is 0 Å². The second-order valence-electron chi connectivity index (χ2n) is 8.99. The van der Waals surface area contributed by atoms with Gasteiger partial charge < -0.3 is 9.66 Å². The number of hydrogen-bond donors (Lipinski definition) is 1. The third-order valence-electron chi connectivity index (χ3n) is 5.94. The van der Waals surface area contributed by atoms with Crippen molar-refractivity contribution in [2.45, 2.75) is 154 Å². The van der Waals surface area contributed by atoms with Gasteiger partial charge >= 0.3 is 51.4 Å². The van der Waals surface area contributed by atoms with Crippen LogP contribution in [-0.4, -0.2) is 29.4 Å². The Morgan fingerprint density at radius 2 is 0.967 bits per heavy atom. The van der Waals surface area contributed by atoms with Crippen LogP contribution in [0, 0.1) is 0 Å². The second-order valence-corrected chi connectivity index (χ2v) is 10.6. The minimum atomic E-state index is -4.22. The summed E-state index contributed by atoms with van der Waals surface area (Å²) >= 11 is 0. The molecule has 0 fully saturated rings. The van der Waals surface area contributed by atoms with Crippen molar-refractivity contribution in [1.29, 1.82) is 0 Å². The zero-order chi connectivity index (χ0) is 21.8. The first kappa shape index (κ1) is 33.7. The molecule has 30 heavy (non-hydrogen) atoms. The quantitative estimate of drug-likeness (QED) is 0.146. The molecule has 0 spiro atoms. The Bertz CT molecular complexity index is 440. The average Bonchev–Trinajstić information content (AvgIpc) is 2.65.